The van der Waals surface area contributed by atoms with Crippen LogP contribution in [0.4, 0.5) is 0 Å². The molecule has 1 aromatic rings. The first-order valence-corrected chi connectivity index (χ1v) is 9.19. The van der Waals surface area contributed by atoms with Gasteiger partial charge in [-0.05, 0) is 24.1 Å². The van der Waals surface area contributed by atoms with Gasteiger partial charge in [-0.1, -0.05) is 12.1 Å². The maximum absolute atomic E-state index is 12.4. The molecule has 2 fully saturated rings. The number of aryl methyl sites for hydroxylation is 1. The van der Waals surface area contributed by atoms with Gasteiger partial charge in [0.2, 0.25) is 5.91 Å². The number of morpholine rings is 1. The molecule has 150 valence electrons. The molecule has 27 heavy (non-hydrogen) atoms. The Morgan fingerprint density at radius 2 is 1.81 bits per heavy atom. The summed E-state index contributed by atoms with van der Waals surface area (Å²) < 4.78 is 10.7. The zero-order chi connectivity index (χ0) is 18.4. The van der Waals surface area contributed by atoms with E-state index in [0.717, 1.165) is 17.9 Å². The molecule has 2 amide bonds. The first-order chi connectivity index (χ1) is 12.7. The SMILES string of the molecule is COc1ccc(CCC(=O)N2CCN(C(=O)C3CNCCO3)CC2)cc1.Cl. The van der Waals surface area contributed by atoms with Crippen molar-refractivity contribution in [3.8, 4) is 5.75 Å². The molecule has 0 aliphatic carbocycles. The minimum absolute atomic E-state index is 0. The van der Waals surface area contributed by atoms with Crippen molar-refractivity contribution in [1.29, 1.82) is 0 Å². The van der Waals surface area contributed by atoms with Crippen molar-refractivity contribution in [2.45, 2.75) is 18.9 Å². The number of methoxy groups -OCH3 is 1. The van der Waals surface area contributed by atoms with Gasteiger partial charge in [0.25, 0.3) is 5.91 Å². The van der Waals surface area contributed by atoms with E-state index in [0.29, 0.717) is 52.2 Å². The summed E-state index contributed by atoms with van der Waals surface area (Å²) in [4.78, 5) is 28.5. The van der Waals surface area contributed by atoms with Gasteiger partial charge in [-0.15, -0.1) is 12.4 Å². The summed E-state index contributed by atoms with van der Waals surface area (Å²) in [5.74, 6) is 0.990. The summed E-state index contributed by atoms with van der Waals surface area (Å²) >= 11 is 0. The highest BCUT2D eigenvalue weighted by atomic mass is 35.5. The van der Waals surface area contributed by atoms with E-state index in [1.807, 2.05) is 34.1 Å². The Balaban J connectivity index is 0.00000261. The second kappa shape index (κ2) is 10.5. The van der Waals surface area contributed by atoms with Gasteiger partial charge in [-0.2, -0.15) is 0 Å². The molecule has 2 saturated heterocycles. The normalized spacial score (nSPS) is 20.0. The number of amides is 2. The highest BCUT2D eigenvalue weighted by Crippen LogP contribution is 2.14. The lowest BCUT2D eigenvalue weighted by atomic mass is 10.1. The third-order valence-electron chi connectivity index (χ3n) is 4.93. The Labute approximate surface area is 166 Å². The lowest BCUT2D eigenvalue weighted by Gasteiger charge is -2.37. The molecular weight excluding hydrogens is 370 g/mol. The third kappa shape index (κ3) is 5.82. The van der Waals surface area contributed by atoms with E-state index in [1.54, 1.807) is 7.11 Å². The number of halogens is 1. The molecule has 0 spiro atoms. The summed E-state index contributed by atoms with van der Waals surface area (Å²) in [7, 11) is 1.64. The average Bonchev–Trinajstić information content (AvgIpc) is 2.72. The van der Waals surface area contributed by atoms with Gasteiger partial charge in [0.15, 0.2) is 0 Å². The van der Waals surface area contributed by atoms with E-state index in [2.05, 4.69) is 5.32 Å². The highest BCUT2D eigenvalue weighted by molar-refractivity contribution is 5.85. The molecule has 1 N–H and O–H groups in total. The van der Waals surface area contributed by atoms with E-state index >= 15 is 0 Å². The smallest absolute Gasteiger partial charge is 0.253 e. The first-order valence-electron chi connectivity index (χ1n) is 9.19. The van der Waals surface area contributed by atoms with Gasteiger partial charge >= 0.3 is 0 Å². The van der Waals surface area contributed by atoms with Gasteiger partial charge < -0.3 is 24.6 Å². The Morgan fingerprint density at radius 3 is 2.41 bits per heavy atom. The maximum atomic E-state index is 12.4. The van der Waals surface area contributed by atoms with Crippen LogP contribution < -0.4 is 10.1 Å². The average molecular weight is 398 g/mol. The largest absolute Gasteiger partial charge is 0.497 e. The molecule has 0 aromatic heterocycles. The number of piperazine rings is 1. The van der Waals surface area contributed by atoms with Crippen LogP contribution in [0.15, 0.2) is 24.3 Å². The lowest BCUT2D eigenvalue weighted by Crippen LogP contribution is -2.56. The van der Waals surface area contributed by atoms with E-state index in [9.17, 15) is 9.59 Å². The highest BCUT2D eigenvalue weighted by Gasteiger charge is 2.30. The molecule has 2 aliphatic rings. The van der Waals surface area contributed by atoms with Crippen LogP contribution in [0.5, 0.6) is 5.75 Å². The van der Waals surface area contributed by atoms with Crippen molar-refractivity contribution in [2.75, 3.05) is 53.0 Å². The molecule has 0 radical (unpaired) electrons. The van der Waals surface area contributed by atoms with Gasteiger partial charge in [-0.3, -0.25) is 9.59 Å². The van der Waals surface area contributed by atoms with Gasteiger partial charge in [-0.25, -0.2) is 0 Å². The number of nitrogens with one attached hydrogen (secondary N) is 1. The zero-order valence-electron chi connectivity index (χ0n) is 15.7. The molecule has 3 rings (SSSR count). The molecule has 8 heteroatoms. The van der Waals surface area contributed by atoms with E-state index < -0.39 is 0 Å². The number of nitrogens with zero attached hydrogens (tertiary/aromatic N) is 2. The summed E-state index contributed by atoms with van der Waals surface area (Å²) in [6, 6.07) is 7.79. The fourth-order valence-corrected chi connectivity index (χ4v) is 3.31. The Hall–Kier alpha value is -1.83. The van der Waals surface area contributed by atoms with Crippen LogP contribution in [0.25, 0.3) is 0 Å². The first kappa shape index (κ1) is 21.5. The standard InChI is InChI=1S/C19H27N3O4.ClH/c1-25-16-5-2-15(3-6-16)4-7-18(23)21-9-11-22(12-10-21)19(24)17-14-20-8-13-26-17;/h2-3,5-6,17,20H,4,7-14H2,1H3;1H. The number of benzene rings is 1. The van der Waals surface area contributed by atoms with Crippen LogP contribution in [-0.2, 0) is 20.7 Å². The Kier molecular flexibility index (Phi) is 8.34. The minimum Gasteiger partial charge on any atom is -0.497 e. The van der Waals surface area contributed by atoms with E-state index in [1.165, 1.54) is 0 Å². The molecule has 0 bridgehead atoms. The lowest BCUT2D eigenvalue weighted by molar-refractivity contribution is -0.149. The number of hydrogen-bond donors (Lipinski definition) is 1. The summed E-state index contributed by atoms with van der Waals surface area (Å²) in [6.07, 6.45) is 0.806. The maximum Gasteiger partial charge on any atom is 0.253 e. The van der Waals surface area contributed by atoms with Gasteiger partial charge in [0.1, 0.15) is 11.9 Å². The van der Waals surface area contributed by atoms with Crippen molar-refractivity contribution in [3.63, 3.8) is 0 Å². The molecule has 1 unspecified atom stereocenters. The van der Waals surface area contributed by atoms with Gasteiger partial charge in [0, 0.05) is 45.7 Å². The second-order valence-electron chi connectivity index (χ2n) is 6.62. The predicted octanol–water partition coefficient (Wildman–Crippen LogP) is 0.709. The molecular formula is C19H28ClN3O4. The van der Waals surface area contributed by atoms with Gasteiger partial charge in [0.05, 0.1) is 13.7 Å². The summed E-state index contributed by atoms with van der Waals surface area (Å²) in [6.45, 7) is 4.26. The predicted molar refractivity (Wildman–Crippen MR) is 104 cm³/mol. The Morgan fingerprint density at radius 1 is 1.15 bits per heavy atom. The van der Waals surface area contributed by atoms with Crippen molar-refractivity contribution in [2.24, 2.45) is 0 Å². The fraction of sp³-hybridized carbons (Fsp3) is 0.579. The molecule has 1 aromatic carbocycles. The number of rotatable bonds is 5. The van der Waals surface area contributed by atoms with Crippen molar-refractivity contribution in [1.82, 2.24) is 15.1 Å². The van der Waals surface area contributed by atoms with Crippen molar-refractivity contribution in [3.05, 3.63) is 29.8 Å². The third-order valence-corrected chi connectivity index (χ3v) is 4.93. The molecule has 0 saturated carbocycles. The van der Waals surface area contributed by atoms with Crippen LogP contribution in [0.3, 0.4) is 0 Å². The van der Waals surface area contributed by atoms with Crippen LogP contribution in [0.2, 0.25) is 0 Å². The van der Waals surface area contributed by atoms with Crippen LogP contribution in [-0.4, -0.2) is 80.7 Å². The minimum atomic E-state index is -0.388. The quantitative estimate of drug-likeness (QED) is 0.792. The summed E-state index contributed by atoms with van der Waals surface area (Å²) in [5, 5.41) is 3.18. The fourth-order valence-electron chi connectivity index (χ4n) is 3.31. The second-order valence-corrected chi connectivity index (χ2v) is 6.62. The van der Waals surface area contributed by atoms with Crippen LogP contribution in [0, 0.1) is 0 Å². The zero-order valence-corrected chi connectivity index (χ0v) is 16.5. The molecule has 7 nitrogen and oxygen atoms in total. The topological polar surface area (TPSA) is 71.1 Å². The molecule has 1 atom stereocenters. The van der Waals surface area contributed by atoms with E-state index in [-0.39, 0.29) is 30.3 Å². The number of ether oxygens (including phenoxy) is 2. The van der Waals surface area contributed by atoms with Crippen LogP contribution in [0.1, 0.15) is 12.0 Å². The van der Waals surface area contributed by atoms with E-state index in [4.69, 9.17) is 9.47 Å². The van der Waals surface area contributed by atoms with Crippen molar-refractivity contribution >= 4 is 24.2 Å². The summed E-state index contributed by atoms with van der Waals surface area (Å²) in [5.41, 5.74) is 1.12. The molecule has 2 aliphatic heterocycles. The number of carbonyl (C=O) groups is 2. The number of carbonyl (C=O) groups excluding carboxylic acids is 2. The Bertz CT molecular complexity index is 612. The molecule has 2 heterocycles. The van der Waals surface area contributed by atoms with Crippen molar-refractivity contribution < 1.29 is 19.1 Å². The number of hydrogen-bond acceptors (Lipinski definition) is 5. The monoisotopic (exact) mass is 397 g/mol. The van der Waals surface area contributed by atoms with Crippen LogP contribution >= 0.6 is 12.4 Å².